The van der Waals surface area contributed by atoms with Crippen molar-refractivity contribution < 1.29 is 33.4 Å². The lowest BCUT2D eigenvalue weighted by molar-refractivity contribution is -0.160. The van der Waals surface area contributed by atoms with Crippen molar-refractivity contribution in [3.63, 3.8) is 0 Å². The van der Waals surface area contributed by atoms with Crippen LogP contribution in [0.2, 0.25) is 0 Å². The molecule has 1 aliphatic rings. The molecule has 0 saturated carbocycles. The predicted molar refractivity (Wildman–Crippen MR) is 105 cm³/mol. The molecule has 0 bridgehead atoms. The number of rotatable bonds is 7. The Labute approximate surface area is 173 Å². The Morgan fingerprint density at radius 2 is 1.73 bits per heavy atom. The van der Waals surface area contributed by atoms with Crippen LogP contribution in [-0.4, -0.2) is 55.4 Å². The van der Waals surface area contributed by atoms with Crippen molar-refractivity contribution in [2.75, 3.05) is 20.3 Å². The number of esters is 2. The van der Waals surface area contributed by atoms with Crippen LogP contribution in [-0.2, 0) is 36.8 Å². The number of ether oxygens (including phenoxy) is 3. The molecule has 156 valence electrons. The van der Waals surface area contributed by atoms with Gasteiger partial charge in [-0.1, -0.05) is 36.4 Å². The average molecular weight is 411 g/mol. The number of hydrogen-bond donors (Lipinski definition) is 0. The second-order valence-electron chi connectivity index (χ2n) is 6.64. The molecule has 0 aromatic heterocycles. The number of nitrogens with zero attached hydrogens (tertiary/aromatic N) is 1. The lowest BCUT2D eigenvalue weighted by atomic mass is 9.94. The maximum Gasteiger partial charge on any atom is 0.344 e. The van der Waals surface area contributed by atoms with Gasteiger partial charge in [-0.25, -0.2) is 9.59 Å². The summed E-state index contributed by atoms with van der Waals surface area (Å²) < 4.78 is 15.1. The van der Waals surface area contributed by atoms with E-state index in [0.717, 1.165) is 11.1 Å². The first-order chi connectivity index (χ1) is 14.5. The number of aldehydes is 1. The average Bonchev–Trinajstić information content (AvgIpc) is 2.79. The summed E-state index contributed by atoms with van der Waals surface area (Å²) in [4.78, 5) is 49.2. The highest BCUT2D eigenvalue weighted by Crippen LogP contribution is 2.24. The first kappa shape index (κ1) is 21.0. The SMILES string of the molecule is COC(=O)[C@@H]1Cc2ccccc2CN1C(=O)COC(=O)COc1ccccc1C=O. The third kappa shape index (κ3) is 4.83. The first-order valence-corrected chi connectivity index (χ1v) is 9.30. The Balaban J connectivity index is 1.59. The minimum absolute atomic E-state index is 0.218. The normalized spacial score (nSPS) is 15.0. The number of hydrogen-bond acceptors (Lipinski definition) is 7. The van der Waals surface area contributed by atoms with Crippen molar-refractivity contribution in [3.8, 4) is 5.75 Å². The number of para-hydroxylation sites is 1. The number of carbonyl (C=O) groups is 4. The van der Waals surface area contributed by atoms with Crippen molar-refractivity contribution in [1.82, 2.24) is 4.90 Å². The van der Waals surface area contributed by atoms with Crippen LogP contribution in [0.5, 0.6) is 5.75 Å². The summed E-state index contributed by atoms with van der Waals surface area (Å²) in [5, 5.41) is 0. The molecule has 8 heteroatoms. The fourth-order valence-corrected chi connectivity index (χ4v) is 3.24. The van der Waals surface area contributed by atoms with Crippen LogP contribution < -0.4 is 4.74 Å². The van der Waals surface area contributed by atoms with Crippen LogP contribution in [0.25, 0.3) is 0 Å². The third-order valence-electron chi connectivity index (χ3n) is 4.79. The maximum absolute atomic E-state index is 12.7. The minimum Gasteiger partial charge on any atom is -0.481 e. The highest BCUT2D eigenvalue weighted by atomic mass is 16.6. The van der Waals surface area contributed by atoms with Crippen molar-refractivity contribution in [1.29, 1.82) is 0 Å². The van der Waals surface area contributed by atoms with Gasteiger partial charge >= 0.3 is 11.9 Å². The molecular formula is C22H21NO7. The molecule has 30 heavy (non-hydrogen) atoms. The van der Waals surface area contributed by atoms with E-state index in [9.17, 15) is 19.2 Å². The summed E-state index contributed by atoms with van der Waals surface area (Å²) in [6.45, 7) is -0.774. The molecule has 0 fully saturated rings. The standard InChI is InChI=1S/C22H21NO7/c1-28-22(27)18-10-15-6-2-3-7-16(15)11-23(18)20(25)13-30-21(26)14-29-19-9-5-4-8-17(19)12-24/h2-9,12,18H,10-11,13-14H2,1H3/t18-/m0/s1. The molecule has 0 spiro atoms. The highest BCUT2D eigenvalue weighted by Gasteiger charge is 2.35. The Kier molecular flexibility index (Phi) is 6.79. The van der Waals surface area contributed by atoms with Gasteiger partial charge in [0.15, 0.2) is 19.5 Å². The number of fused-ring (bicyclic) bond motifs is 1. The van der Waals surface area contributed by atoms with Gasteiger partial charge in [-0.15, -0.1) is 0 Å². The molecule has 0 N–H and O–H groups in total. The van der Waals surface area contributed by atoms with Crippen LogP contribution >= 0.6 is 0 Å². The largest absolute Gasteiger partial charge is 0.481 e. The Hall–Kier alpha value is -3.68. The first-order valence-electron chi connectivity index (χ1n) is 9.30. The van der Waals surface area contributed by atoms with E-state index in [4.69, 9.17) is 14.2 Å². The molecule has 3 rings (SSSR count). The number of benzene rings is 2. The summed E-state index contributed by atoms with van der Waals surface area (Å²) >= 11 is 0. The monoisotopic (exact) mass is 411 g/mol. The van der Waals surface area contributed by atoms with Gasteiger partial charge in [-0.05, 0) is 23.3 Å². The number of carbonyl (C=O) groups excluding carboxylic acids is 4. The van der Waals surface area contributed by atoms with Crippen LogP contribution in [0.1, 0.15) is 21.5 Å². The minimum atomic E-state index is -0.785. The van der Waals surface area contributed by atoms with Crippen molar-refractivity contribution in [2.45, 2.75) is 19.0 Å². The molecule has 2 aromatic carbocycles. The smallest absolute Gasteiger partial charge is 0.344 e. The molecule has 0 saturated heterocycles. The summed E-state index contributed by atoms with van der Waals surface area (Å²) in [7, 11) is 1.26. The second-order valence-corrected chi connectivity index (χ2v) is 6.64. The molecular weight excluding hydrogens is 390 g/mol. The van der Waals surface area contributed by atoms with E-state index in [0.29, 0.717) is 18.3 Å². The van der Waals surface area contributed by atoms with Crippen molar-refractivity contribution in [2.24, 2.45) is 0 Å². The Morgan fingerprint density at radius 1 is 1.03 bits per heavy atom. The van der Waals surface area contributed by atoms with E-state index in [2.05, 4.69) is 0 Å². The molecule has 0 aliphatic carbocycles. The van der Waals surface area contributed by atoms with Crippen LogP contribution in [0.4, 0.5) is 0 Å². The van der Waals surface area contributed by atoms with E-state index >= 15 is 0 Å². The number of amides is 1. The summed E-state index contributed by atoms with van der Waals surface area (Å²) in [6, 6.07) is 13.2. The molecule has 0 radical (unpaired) electrons. The fraction of sp³-hybridized carbons (Fsp3) is 0.273. The molecule has 8 nitrogen and oxygen atoms in total. The maximum atomic E-state index is 12.7. The zero-order chi connectivity index (χ0) is 21.5. The van der Waals surface area contributed by atoms with Crippen LogP contribution in [0.15, 0.2) is 48.5 Å². The summed E-state index contributed by atoms with van der Waals surface area (Å²) in [5.74, 6) is -1.57. The quantitative estimate of drug-likeness (QED) is 0.503. The van der Waals surface area contributed by atoms with Gasteiger partial charge in [-0.3, -0.25) is 9.59 Å². The van der Waals surface area contributed by atoms with E-state index < -0.39 is 37.1 Å². The van der Waals surface area contributed by atoms with Crippen LogP contribution in [0.3, 0.4) is 0 Å². The zero-order valence-electron chi connectivity index (χ0n) is 16.4. The van der Waals surface area contributed by atoms with Gasteiger partial charge in [-0.2, -0.15) is 0 Å². The number of methoxy groups -OCH3 is 1. The molecule has 0 unspecified atom stereocenters. The summed E-state index contributed by atoms with van der Waals surface area (Å²) in [6.07, 6.45) is 0.944. The molecule has 2 aromatic rings. The van der Waals surface area contributed by atoms with E-state index in [1.807, 2.05) is 24.3 Å². The van der Waals surface area contributed by atoms with Gasteiger partial charge in [0.05, 0.1) is 12.7 Å². The van der Waals surface area contributed by atoms with Gasteiger partial charge in [0, 0.05) is 13.0 Å². The summed E-state index contributed by atoms with van der Waals surface area (Å²) in [5.41, 5.74) is 2.19. The molecule has 1 amide bonds. The lowest BCUT2D eigenvalue weighted by Crippen LogP contribution is -2.50. The molecule has 1 atom stereocenters. The third-order valence-corrected chi connectivity index (χ3v) is 4.79. The van der Waals surface area contributed by atoms with Crippen molar-refractivity contribution >= 4 is 24.1 Å². The Bertz CT molecular complexity index is 956. The zero-order valence-corrected chi connectivity index (χ0v) is 16.4. The topological polar surface area (TPSA) is 99.2 Å². The van der Waals surface area contributed by atoms with Crippen LogP contribution in [0, 0.1) is 0 Å². The van der Waals surface area contributed by atoms with E-state index in [1.165, 1.54) is 12.0 Å². The lowest BCUT2D eigenvalue weighted by Gasteiger charge is -2.35. The molecule has 1 heterocycles. The van der Waals surface area contributed by atoms with Gasteiger partial charge in [0.25, 0.3) is 5.91 Å². The highest BCUT2D eigenvalue weighted by molar-refractivity contribution is 5.87. The second kappa shape index (κ2) is 9.69. The predicted octanol–water partition coefficient (Wildman–Crippen LogP) is 1.55. The van der Waals surface area contributed by atoms with E-state index in [1.54, 1.807) is 24.3 Å². The van der Waals surface area contributed by atoms with Gasteiger partial charge in [0.1, 0.15) is 11.8 Å². The van der Waals surface area contributed by atoms with Gasteiger partial charge in [0.2, 0.25) is 0 Å². The fourth-order valence-electron chi connectivity index (χ4n) is 3.24. The Morgan fingerprint density at radius 3 is 2.47 bits per heavy atom. The molecule has 1 aliphatic heterocycles. The van der Waals surface area contributed by atoms with Gasteiger partial charge < -0.3 is 19.1 Å². The van der Waals surface area contributed by atoms with E-state index in [-0.39, 0.29) is 12.3 Å². The van der Waals surface area contributed by atoms with Crippen molar-refractivity contribution in [3.05, 3.63) is 65.2 Å².